The van der Waals surface area contributed by atoms with Gasteiger partial charge in [0, 0.05) is 6.42 Å². The number of hydrogen-bond acceptors (Lipinski definition) is 2. The Morgan fingerprint density at radius 3 is 2.40 bits per heavy atom. The smallest absolute Gasteiger partial charge is 0.223 e. The van der Waals surface area contributed by atoms with E-state index in [1.54, 1.807) is 0 Å². The van der Waals surface area contributed by atoms with Crippen LogP contribution in [0.3, 0.4) is 0 Å². The van der Waals surface area contributed by atoms with Gasteiger partial charge in [0.15, 0.2) is 0 Å². The lowest BCUT2D eigenvalue weighted by molar-refractivity contribution is -0.144. The number of amides is 1. The fraction of sp³-hybridized carbons (Fsp3) is 0.588. The van der Waals surface area contributed by atoms with Crippen LogP contribution < -0.4 is 0 Å². The molecule has 3 nitrogen and oxygen atoms in total. The van der Waals surface area contributed by atoms with E-state index < -0.39 is 0 Å². The molecule has 20 heavy (non-hydrogen) atoms. The van der Waals surface area contributed by atoms with Crippen molar-refractivity contribution in [3.8, 4) is 0 Å². The Kier molecular flexibility index (Phi) is 5.18. The van der Waals surface area contributed by atoms with Gasteiger partial charge in [0.1, 0.15) is 0 Å². The first-order chi connectivity index (χ1) is 9.58. The summed E-state index contributed by atoms with van der Waals surface area (Å²) in [6.45, 7) is 7.54. The summed E-state index contributed by atoms with van der Waals surface area (Å²) in [5.74, 6) is 0.264. The van der Waals surface area contributed by atoms with Crippen molar-refractivity contribution in [2.75, 3.05) is 13.2 Å². The molecule has 1 aromatic rings. The molecular formula is C17H25NO2. The van der Waals surface area contributed by atoms with Crippen LogP contribution in [-0.2, 0) is 16.0 Å². The zero-order valence-electron chi connectivity index (χ0n) is 12.8. The molecule has 0 radical (unpaired) electrons. The number of aryl methyl sites for hydroxylation is 2. The number of rotatable bonds is 4. The summed E-state index contributed by atoms with van der Waals surface area (Å²) in [6.07, 6.45) is 2.51. The largest absolute Gasteiger partial charge is 0.377 e. The molecule has 0 bridgehead atoms. The van der Waals surface area contributed by atoms with Crippen LogP contribution in [0.1, 0.15) is 37.8 Å². The quantitative estimate of drug-likeness (QED) is 0.845. The van der Waals surface area contributed by atoms with E-state index in [1.165, 1.54) is 11.1 Å². The van der Waals surface area contributed by atoms with Gasteiger partial charge in [0.25, 0.3) is 0 Å². The van der Waals surface area contributed by atoms with Crippen molar-refractivity contribution in [2.24, 2.45) is 0 Å². The molecule has 2 rings (SSSR count). The topological polar surface area (TPSA) is 29.5 Å². The molecule has 1 amide bonds. The second-order valence-corrected chi connectivity index (χ2v) is 5.88. The summed E-state index contributed by atoms with van der Waals surface area (Å²) in [6, 6.07) is 8.96. The van der Waals surface area contributed by atoms with Crippen LogP contribution in [0, 0.1) is 6.92 Å². The monoisotopic (exact) mass is 275 g/mol. The SMILES string of the molecule is Cc1ccc(CCCC(=O)N2C(C)COCC2C)cc1. The van der Waals surface area contributed by atoms with Crippen molar-refractivity contribution < 1.29 is 9.53 Å². The maximum Gasteiger partial charge on any atom is 0.223 e. The van der Waals surface area contributed by atoms with Crippen LogP contribution in [0.2, 0.25) is 0 Å². The van der Waals surface area contributed by atoms with Gasteiger partial charge >= 0.3 is 0 Å². The van der Waals surface area contributed by atoms with E-state index in [0.29, 0.717) is 19.6 Å². The Hall–Kier alpha value is -1.35. The van der Waals surface area contributed by atoms with Gasteiger partial charge in [-0.25, -0.2) is 0 Å². The van der Waals surface area contributed by atoms with E-state index >= 15 is 0 Å². The molecule has 0 aromatic heterocycles. The minimum Gasteiger partial charge on any atom is -0.377 e. The third kappa shape index (κ3) is 3.83. The molecule has 3 heteroatoms. The van der Waals surface area contributed by atoms with Crippen LogP contribution in [0.15, 0.2) is 24.3 Å². The van der Waals surface area contributed by atoms with Gasteiger partial charge in [-0.15, -0.1) is 0 Å². The van der Waals surface area contributed by atoms with Crippen molar-refractivity contribution >= 4 is 5.91 Å². The van der Waals surface area contributed by atoms with Gasteiger partial charge in [-0.2, -0.15) is 0 Å². The fourth-order valence-electron chi connectivity index (χ4n) is 2.82. The lowest BCUT2D eigenvalue weighted by atomic mass is 10.1. The first-order valence-electron chi connectivity index (χ1n) is 7.52. The highest BCUT2D eigenvalue weighted by atomic mass is 16.5. The van der Waals surface area contributed by atoms with Crippen molar-refractivity contribution in [3.05, 3.63) is 35.4 Å². The van der Waals surface area contributed by atoms with Gasteiger partial charge in [-0.1, -0.05) is 29.8 Å². The van der Waals surface area contributed by atoms with Crippen LogP contribution in [0.5, 0.6) is 0 Å². The van der Waals surface area contributed by atoms with Gasteiger partial charge < -0.3 is 9.64 Å². The Labute approximate surface area is 121 Å². The summed E-state index contributed by atoms with van der Waals surface area (Å²) < 4.78 is 5.47. The normalized spacial score (nSPS) is 22.9. The van der Waals surface area contributed by atoms with E-state index in [2.05, 4.69) is 45.0 Å². The molecule has 0 aliphatic carbocycles. The predicted molar refractivity (Wildman–Crippen MR) is 80.7 cm³/mol. The first-order valence-corrected chi connectivity index (χ1v) is 7.52. The predicted octanol–water partition coefficient (Wildman–Crippen LogP) is 2.95. The zero-order chi connectivity index (χ0) is 14.5. The van der Waals surface area contributed by atoms with Gasteiger partial charge in [0.05, 0.1) is 25.3 Å². The standard InChI is InChI=1S/C17H25NO2/c1-13-7-9-16(10-8-13)5-4-6-17(19)18-14(2)11-20-12-15(18)3/h7-10,14-15H,4-6,11-12H2,1-3H3. The third-order valence-corrected chi connectivity index (χ3v) is 3.93. The summed E-state index contributed by atoms with van der Waals surface area (Å²) in [7, 11) is 0. The van der Waals surface area contributed by atoms with Crippen molar-refractivity contribution in [3.63, 3.8) is 0 Å². The van der Waals surface area contributed by atoms with Crippen LogP contribution in [0.4, 0.5) is 0 Å². The fourth-order valence-corrected chi connectivity index (χ4v) is 2.82. The highest BCUT2D eigenvalue weighted by Gasteiger charge is 2.28. The Morgan fingerprint density at radius 1 is 1.20 bits per heavy atom. The minimum atomic E-state index is 0.200. The molecule has 1 aromatic carbocycles. The maximum absolute atomic E-state index is 12.3. The summed E-state index contributed by atoms with van der Waals surface area (Å²) >= 11 is 0. The van der Waals surface area contributed by atoms with E-state index in [4.69, 9.17) is 4.74 Å². The van der Waals surface area contributed by atoms with E-state index in [0.717, 1.165) is 12.8 Å². The molecule has 0 N–H and O–H groups in total. The number of morpholine rings is 1. The molecular weight excluding hydrogens is 250 g/mol. The average Bonchev–Trinajstić information content (AvgIpc) is 2.41. The van der Waals surface area contributed by atoms with Gasteiger partial charge in [-0.05, 0) is 39.2 Å². The molecule has 2 atom stereocenters. The molecule has 1 heterocycles. The number of ether oxygens (including phenoxy) is 1. The van der Waals surface area contributed by atoms with Crippen molar-refractivity contribution in [1.29, 1.82) is 0 Å². The van der Waals surface area contributed by atoms with E-state index in [-0.39, 0.29) is 18.0 Å². The lowest BCUT2D eigenvalue weighted by Gasteiger charge is -2.38. The average molecular weight is 275 g/mol. The second-order valence-electron chi connectivity index (χ2n) is 5.88. The summed E-state index contributed by atoms with van der Waals surface area (Å²) in [4.78, 5) is 14.3. The Balaban J connectivity index is 1.81. The molecule has 0 spiro atoms. The summed E-state index contributed by atoms with van der Waals surface area (Å²) in [5.41, 5.74) is 2.59. The summed E-state index contributed by atoms with van der Waals surface area (Å²) in [5, 5.41) is 0. The zero-order valence-corrected chi connectivity index (χ0v) is 12.8. The Bertz CT molecular complexity index is 431. The van der Waals surface area contributed by atoms with E-state index in [1.807, 2.05) is 4.90 Å². The van der Waals surface area contributed by atoms with Crippen molar-refractivity contribution in [1.82, 2.24) is 4.90 Å². The maximum atomic E-state index is 12.3. The molecule has 1 fully saturated rings. The number of hydrogen-bond donors (Lipinski definition) is 0. The van der Waals surface area contributed by atoms with Gasteiger partial charge in [-0.3, -0.25) is 4.79 Å². The number of carbonyl (C=O) groups is 1. The minimum absolute atomic E-state index is 0.200. The number of nitrogens with zero attached hydrogens (tertiary/aromatic N) is 1. The number of benzene rings is 1. The Morgan fingerprint density at radius 2 is 1.80 bits per heavy atom. The van der Waals surface area contributed by atoms with Crippen LogP contribution in [0.25, 0.3) is 0 Å². The van der Waals surface area contributed by atoms with Crippen LogP contribution in [-0.4, -0.2) is 36.1 Å². The molecule has 0 saturated carbocycles. The first kappa shape index (κ1) is 15.0. The van der Waals surface area contributed by atoms with Crippen molar-refractivity contribution in [2.45, 2.75) is 52.1 Å². The molecule has 110 valence electrons. The van der Waals surface area contributed by atoms with Gasteiger partial charge in [0.2, 0.25) is 5.91 Å². The molecule has 2 unspecified atom stereocenters. The second kappa shape index (κ2) is 6.89. The van der Waals surface area contributed by atoms with E-state index in [9.17, 15) is 4.79 Å². The van der Waals surface area contributed by atoms with Crippen LogP contribution >= 0.6 is 0 Å². The molecule has 1 saturated heterocycles. The number of carbonyl (C=O) groups excluding carboxylic acids is 1. The molecule has 1 aliphatic rings. The molecule has 1 aliphatic heterocycles. The lowest BCUT2D eigenvalue weighted by Crippen LogP contribution is -2.52. The highest BCUT2D eigenvalue weighted by Crippen LogP contribution is 2.16. The third-order valence-electron chi connectivity index (χ3n) is 3.93. The highest BCUT2D eigenvalue weighted by molar-refractivity contribution is 5.77.